The topological polar surface area (TPSA) is 58.3 Å². The molecule has 0 spiro atoms. The average molecular weight is 168 g/mol. The number of aromatic nitrogens is 2. The molecule has 0 amide bonds. The SMILES string of the molecule is OCC(O)c1nccn1C1CC1. The summed E-state index contributed by atoms with van der Waals surface area (Å²) in [5, 5.41) is 18.1. The molecule has 0 saturated heterocycles. The first-order valence-electron chi connectivity index (χ1n) is 4.14. The first kappa shape index (κ1) is 7.76. The molecule has 1 aliphatic carbocycles. The highest BCUT2D eigenvalue weighted by Crippen LogP contribution is 2.36. The quantitative estimate of drug-likeness (QED) is 0.680. The van der Waals surface area contributed by atoms with Gasteiger partial charge < -0.3 is 14.8 Å². The van der Waals surface area contributed by atoms with Crippen molar-refractivity contribution in [3.05, 3.63) is 18.2 Å². The van der Waals surface area contributed by atoms with Crippen LogP contribution in [0.3, 0.4) is 0 Å². The van der Waals surface area contributed by atoms with Gasteiger partial charge in [0.05, 0.1) is 6.61 Å². The van der Waals surface area contributed by atoms with E-state index in [1.54, 1.807) is 6.20 Å². The van der Waals surface area contributed by atoms with E-state index in [1.165, 1.54) is 0 Å². The largest absolute Gasteiger partial charge is 0.393 e. The fraction of sp³-hybridized carbons (Fsp3) is 0.625. The Morgan fingerprint density at radius 1 is 1.67 bits per heavy atom. The lowest BCUT2D eigenvalue weighted by molar-refractivity contribution is 0.0856. The van der Waals surface area contributed by atoms with Crippen LogP contribution < -0.4 is 0 Å². The third-order valence-corrected chi connectivity index (χ3v) is 2.11. The third kappa shape index (κ3) is 1.23. The maximum atomic E-state index is 9.34. The molecule has 66 valence electrons. The lowest BCUT2D eigenvalue weighted by Crippen LogP contribution is -2.10. The number of hydrogen-bond acceptors (Lipinski definition) is 3. The van der Waals surface area contributed by atoms with E-state index in [2.05, 4.69) is 4.98 Å². The summed E-state index contributed by atoms with van der Waals surface area (Å²) in [5.41, 5.74) is 0. The zero-order chi connectivity index (χ0) is 8.55. The van der Waals surface area contributed by atoms with E-state index in [9.17, 15) is 5.11 Å². The third-order valence-electron chi connectivity index (χ3n) is 2.11. The Morgan fingerprint density at radius 3 is 3.00 bits per heavy atom. The Bertz CT molecular complexity index is 268. The fourth-order valence-corrected chi connectivity index (χ4v) is 1.33. The molecule has 1 unspecified atom stereocenters. The van der Waals surface area contributed by atoms with Crippen molar-refractivity contribution in [3.63, 3.8) is 0 Å². The van der Waals surface area contributed by atoms with E-state index in [0.29, 0.717) is 11.9 Å². The van der Waals surface area contributed by atoms with Gasteiger partial charge in [0, 0.05) is 18.4 Å². The maximum absolute atomic E-state index is 9.34. The lowest BCUT2D eigenvalue weighted by atomic mass is 10.3. The number of aliphatic hydroxyl groups excluding tert-OH is 2. The molecule has 1 saturated carbocycles. The van der Waals surface area contributed by atoms with Crippen molar-refractivity contribution in [2.75, 3.05) is 6.61 Å². The van der Waals surface area contributed by atoms with Crippen molar-refractivity contribution in [1.82, 2.24) is 9.55 Å². The van der Waals surface area contributed by atoms with Crippen molar-refractivity contribution < 1.29 is 10.2 Å². The van der Waals surface area contributed by atoms with Crippen LogP contribution in [0.5, 0.6) is 0 Å². The van der Waals surface area contributed by atoms with E-state index < -0.39 is 6.10 Å². The zero-order valence-corrected chi connectivity index (χ0v) is 6.72. The molecule has 1 aromatic heterocycles. The van der Waals surface area contributed by atoms with Gasteiger partial charge in [-0.15, -0.1) is 0 Å². The molecular weight excluding hydrogens is 156 g/mol. The number of hydrogen-bond donors (Lipinski definition) is 2. The van der Waals surface area contributed by atoms with Gasteiger partial charge in [0.15, 0.2) is 0 Å². The van der Waals surface area contributed by atoms with Gasteiger partial charge in [-0.2, -0.15) is 0 Å². The highest BCUT2D eigenvalue weighted by atomic mass is 16.3. The Morgan fingerprint density at radius 2 is 2.42 bits per heavy atom. The van der Waals surface area contributed by atoms with E-state index >= 15 is 0 Å². The number of imidazole rings is 1. The molecule has 12 heavy (non-hydrogen) atoms. The number of aliphatic hydroxyl groups is 2. The highest BCUT2D eigenvalue weighted by Gasteiger charge is 2.27. The molecule has 4 heteroatoms. The summed E-state index contributed by atoms with van der Waals surface area (Å²) in [6.07, 6.45) is 4.99. The van der Waals surface area contributed by atoms with Crippen molar-refractivity contribution in [1.29, 1.82) is 0 Å². The monoisotopic (exact) mass is 168 g/mol. The second-order valence-corrected chi connectivity index (χ2v) is 3.12. The van der Waals surface area contributed by atoms with Crippen LogP contribution in [0.15, 0.2) is 12.4 Å². The Labute approximate surface area is 70.5 Å². The van der Waals surface area contributed by atoms with Crippen LogP contribution >= 0.6 is 0 Å². The molecule has 0 bridgehead atoms. The smallest absolute Gasteiger partial charge is 0.140 e. The second-order valence-electron chi connectivity index (χ2n) is 3.12. The summed E-state index contributed by atoms with van der Waals surface area (Å²) < 4.78 is 1.95. The molecule has 1 atom stereocenters. The Balaban J connectivity index is 2.23. The van der Waals surface area contributed by atoms with E-state index in [-0.39, 0.29) is 6.61 Å². The summed E-state index contributed by atoms with van der Waals surface area (Å²) in [7, 11) is 0. The molecule has 1 fully saturated rings. The van der Waals surface area contributed by atoms with Gasteiger partial charge >= 0.3 is 0 Å². The molecule has 1 heterocycles. The van der Waals surface area contributed by atoms with Gasteiger partial charge in [-0.05, 0) is 12.8 Å². The first-order chi connectivity index (χ1) is 5.83. The number of nitrogens with zero attached hydrogens (tertiary/aromatic N) is 2. The van der Waals surface area contributed by atoms with Gasteiger partial charge in [0.1, 0.15) is 11.9 Å². The molecule has 4 nitrogen and oxygen atoms in total. The van der Waals surface area contributed by atoms with Gasteiger partial charge in [0.2, 0.25) is 0 Å². The minimum Gasteiger partial charge on any atom is -0.393 e. The summed E-state index contributed by atoms with van der Waals surface area (Å²) in [6.45, 7) is -0.260. The van der Waals surface area contributed by atoms with Crippen molar-refractivity contribution in [2.24, 2.45) is 0 Å². The lowest BCUT2D eigenvalue weighted by Gasteiger charge is -2.09. The van der Waals surface area contributed by atoms with Crippen LogP contribution in [-0.2, 0) is 0 Å². The summed E-state index contributed by atoms with van der Waals surface area (Å²) in [4.78, 5) is 4.00. The van der Waals surface area contributed by atoms with Gasteiger partial charge in [-0.3, -0.25) is 0 Å². The summed E-state index contributed by atoms with van der Waals surface area (Å²) in [5.74, 6) is 0.583. The first-order valence-corrected chi connectivity index (χ1v) is 4.14. The Kier molecular flexibility index (Phi) is 1.86. The second kappa shape index (κ2) is 2.88. The predicted octanol–water partition coefficient (Wildman–Crippen LogP) is 0.244. The van der Waals surface area contributed by atoms with Gasteiger partial charge in [-0.25, -0.2) is 4.98 Å². The molecule has 0 radical (unpaired) electrons. The van der Waals surface area contributed by atoms with E-state index in [0.717, 1.165) is 12.8 Å². The minimum absolute atomic E-state index is 0.260. The molecule has 2 rings (SSSR count). The van der Waals surface area contributed by atoms with E-state index in [4.69, 9.17) is 5.11 Å². The van der Waals surface area contributed by atoms with Crippen LogP contribution in [0.1, 0.15) is 30.8 Å². The molecule has 1 aromatic rings. The maximum Gasteiger partial charge on any atom is 0.140 e. The molecule has 0 aliphatic heterocycles. The predicted molar refractivity (Wildman–Crippen MR) is 42.5 cm³/mol. The minimum atomic E-state index is -0.833. The Hall–Kier alpha value is -0.870. The van der Waals surface area contributed by atoms with Crippen LogP contribution in [-0.4, -0.2) is 26.4 Å². The van der Waals surface area contributed by atoms with Crippen molar-refractivity contribution in [2.45, 2.75) is 25.0 Å². The highest BCUT2D eigenvalue weighted by molar-refractivity contribution is 5.02. The zero-order valence-electron chi connectivity index (χ0n) is 6.72. The fourth-order valence-electron chi connectivity index (χ4n) is 1.33. The van der Waals surface area contributed by atoms with E-state index in [1.807, 2.05) is 10.8 Å². The van der Waals surface area contributed by atoms with Crippen LogP contribution in [0.2, 0.25) is 0 Å². The van der Waals surface area contributed by atoms with Crippen molar-refractivity contribution >= 4 is 0 Å². The standard InChI is InChI=1S/C8H12N2O2/c11-5-7(12)8-9-3-4-10(8)6-1-2-6/h3-4,6-7,11-12H,1-2,5H2. The molecule has 0 aromatic carbocycles. The molecule has 1 aliphatic rings. The van der Waals surface area contributed by atoms with Crippen molar-refractivity contribution in [3.8, 4) is 0 Å². The molecule has 2 N–H and O–H groups in total. The average Bonchev–Trinajstić information content (AvgIpc) is 2.83. The van der Waals surface area contributed by atoms with Gasteiger partial charge in [0.25, 0.3) is 0 Å². The van der Waals surface area contributed by atoms with Crippen LogP contribution in [0.25, 0.3) is 0 Å². The van der Waals surface area contributed by atoms with Crippen LogP contribution in [0.4, 0.5) is 0 Å². The molecular formula is C8H12N2O2. The summed E-state index contributed by atoms with van der Waals surface area (Å²) >= 11 is 0. The number of rotatable bonds is 3. The van der Waals surface area contributed by atoms with Crippen LogP contribution in [0, 0.1) is 0 Å². The summed E-state index contributed by atoms with van der Waals surface area (Å²) in [6, 6.07) is 0.503. The van der Waals surface area contributed by atoms with Gasteiger partial charge in [-0.1, -0.05) is 0 Å². The normalized spacial score (nSPS) is 19.5.